The number of hydrogen-bond donors (Lipinski definition) is 0. The lowest BCUT2D eigenvalue weighted by Gasteiger charge is -2.33. The Morgan fingerprint density at radius 1 is 0.960 bits per heavy atom. The van der Waals surface area contributed by atoms with Gasteiger partial charge in [0.25, 0.3) is 5.91 Å². The van der Waals surface area contributed by atoms with Crippen LogP contribution in [0.2, 0.25) is 0 Å². The quantitative estimate of drug-likeness (QED) is 0.828. The number of rotatable bonds is 3. The van der Waals surface area contributed by atoms with Crippen LogP contribution >= 0.6 is 0 Å². The first-order valence-corrected chi connectivity index (χ1v) is 10.7. The maximum Gasteiger partial charge on any atom is 0.254 e. The van der Waals surface area contributed by atoms with Gasteiger partial charge in [-0.15, -0.1) is 0 Å². The molecule has 1 amide bonds. The molecule has 1 unspecified atom stereocenters. The fraction of sp³-hybridized carbons (Fsp3) is 0.632. The van der Waals surface area contributed by atoms with Gasteiger partial charge in [-0.2, -0.15) is 4.31 Å². The van der Waals surface area contributed by atoms with Crippen LogP contribution in [-0.2, 0) is 10.0 Å². The normalized spacial score (nSPS) is 23.6. The molecule has 2 saturated heterocycles. The van der Waals surface area contributed by atoms with E-state index in [1.165, 1.54) is 0 Å². The van der Waals surface area contributed by atoms with Crippen LogP contribution in [0.5, 0.6) is 0 Å². The molecule has 0 aromatic heterocycles. The molecule has 0 spiro atoms. The highest BCUT2D eigenvalue weighted by atomic mass is 32.2. The molecule has 2 fully saturated rings. The minimum atomic E-state index is -3.46. The molecule has 0 bridgehead atoms. The molecule has 2 heterocycles. The molecule has 2 aliphatic rings. The Balaban J connectivity index is 1.74. The van der Waals surface area contributed by atoms with Gasteiger partial charge in [0.05, 0.1) is 4.90 Å². The molecule has 6 heteroatoms. The molecule has 1 aromatic rings. The molecular formula is C19H28N2O3S. The van der Waals surface area contributed by atoms with E-state index in [0.717, 1.165) is 38.6 Å². The predicted molar refractivity (Wildman–Crippen MR) is 97.9 cm³/mol. The van der Waals surface area contributed by atoms with Gasteiger partial charge < -0.3 is 4.90 Å². The van der Waals surface area contributed by atoms with E-state index < -0.39 is 10.0 Å². The topological polar surface area (TPSA) is 57.7 Å². The molecular weight excluding hydrogens is 336 g/mol. The first-order chi connectivity index (χ1) is 11.9. The number of sulfonamides is 1. The lowest BCUT2D eigenvalue weighted by molar-refractivity contribution is 0.0635. The Labute approximate surface area is 151 Å². The SMILES string of the molecule is CC1CCN(S(=O)(=O)c2ccc(C(=O)N3CCCCC3C)cc2)CC1. The maximum absolute atomic E-state index is 12.8. The summed E-state index contributed by atoms with van der Waals surface area (Å²) in [6.45, 7) is 6.18. The van der Waals surface area contributed by atoms with Gasteiger partial charge in [0.15, 0.2) is 0 Å². The lowest BCUT2D eigenvalue weighted by atomic mass is 10.0. The molecule has 25 heavy (non-hydrogen) atoms. The number of benzene rings is 1. The van der Waals surface area contributed by atoms with Crippen molar-refractivity contribution in [2.24, 2.45) is 5.92 Å². The minimum absolute atomic E-state index is 0.00273. The van der Waals surface area contributed by atoms with Crippen molar-refractivity contribution in [3.05, 3.63) is 29.8 Å². The second-order valence-electron chi connectivity index (χ2n) is 7.45. The summed E-state index contributed by atoms with van der Waals surface area (Å²) in [5, 5.41) is 0. The highest BCUT2D eigenvalue weighted by Crippen LogP contribution is 2.24. The van der Waals surface area contributed by atoms with E-state index in [2.05, 4.69) is 13.8 Å². The third-order valence-corrected chi connectivity index (χ3v) is 7.46. The van der Waals surface area contributed by atoms with Crippen molar-refractivity contribution >= 4 is 15.9 Å². The molecule has 1 aromatic carbocycles. The number of carbonyl (C=O) groups excluding carboxylic acids is 1. The Kier molecular flexibility index (Phi) is 5.49. The Morgan fingerprint density at radius 2 is 1.60 bits per heavy atom. The average molecular weight is 365 g/mol. The fourth-order valence-corrected chi connectivity index (χ4v) is 5.18. The van der Waals surface area contributed by atoms with Gasteiger partial charge >= 0.3 is 0 Å². The van der Waals surface area contributed by atoms with Gasteiger partial charge in [-0.3, -0.25) is 4.79 Å². The van der Waals surface area contributed by atoms with Crippen LogP contribution in [-0.4, -0.2) is 49.2 Å². The van der Waals surface area contributed by atoms with Crippen molar-refractivity contribution in [2.45, 2.75) is 56.9 Å². The molecule has 3 rings (SSSR count). The Morgan fingerprint density at radius 3 is 2.20 bits per heavy atom. The van der Waals surface area contributed by atoms with Crippen molar-refractivity contribution in [3.63, 3.8) is 0 Å². The van der Waals surface area contributed by atoms with Gasteiger partial charge in [-0.25, -0.2) is 8.42 Å². The summed E-state index contributed by atoms with van der Waals surface area (Å²) < 4.78 is 27.1. The van der Waals surface area contributed by atoms with Gasteiger partial charge in [0.2, 0.25) is 10.0 Å². The standard InChI is InChI=1S/C19H28N2O3S/c1-15-10-13-20(14-11-15)25(23,24)18-8-6-17(7-9-18)19(22)21-12-4-3-5-16(21)2/h6-9,15-16H,3-5,10-14H2,1-2H3. The van der Waals surface area contributed by atoms with E-state index in [1.807, 2.05) is 4.90 Å². The number of carbonyl (C=O) groups is 1. The van der Waals surface area contributed by atoms with Crippen molar-refractivity contribution in [2.75, 3.05) is 19.6 Å². The smallest absolute Gasteiger partial charge is 0.254 e. The van der Waals surface area contributed by atoms with E-state index in [4.69, 9.17) is 0 Å². The molecule has 0 radical (unpaired) electrons. The van der Waals surface area contributed by atoms with E-state index in [9.17, 15) is 13.2 Å². The predicted octanol–water partition coefficient (Wildman–Crippen LogP) is 3.12. The van der Waals surface area contributed by atoms with Crippen LogP contribution in [0.1, 0.15) is 56.3 Å². The molecule has 2 aliphatic heterocycles. The third-order valence-electron chi connectivity index (χ3n) is 5.55. The maximum atomic E-state index is 12.8. The second-order valence-corrected chi connectivity index (χ2v) is 9.39. The Bertz CT molecular complexity index is 707. The summed E-state index contributed by atoms with van der Waals surface area (Å²) in [6.07, 6.45) is 5.05. The Hall–Kier alpha value is -1.40. The number of hydrogen-bond acceptors (Lipinski definition) is 3. The van der Waals surface area contributed by atoms with E-state index in [0.29, 0.717) is 24.6 Å². The molecule has 138 valence electrons. The van der Waals surface area contributed by atoms with Gasteiger partial charge in [0.1, 0.15) is 0 Å². The zero-order valence-corrected chi connectivity index (χ0v) is 16.0. The van der Waals surface area contributed by atoms with Crippen molar-refractivity contribution in [1.29, 1.82) is 0 Å². The van der Waals surface area contributed by atoms with Gasteiger partial charge in [-0.1, -0.05) is 6.92 Å². The zero-order valence-electron chi connectivity index (χ0n) is 15.1. The first-order valence-electron chi connectivity index (χ1n) is 9.31. The monoisotopic (exact) mass is 364 g/mol. The van der Waals surface area contributed by atoms with Crippen LogP contribution in [0.3, 0.4) is 0 Å². The van der Waals surface area contributed by atoms with Gasteiger partial charge in [0, 0.05) is 31.2 Å². The van der Waals surface area contributed by atoms with Crippen molar-refractivity contribution in [3.8, 4) is 0 Å². The highest BCUT2D eigenvalue weighted by molar-refractivity contribution is 7.89. The van der Waals surface area contributed by atoms with Gasteiger partial charge in [-0.05, 0) is 69.2 Å². The average Bonchev–Trinajstić information content (AvgIpc) is 2.62. The van der Waals surface area contributed by atoms with Crippen LogP contribution in [0.25, 0.3) is 0 Å². The summed E-state index contributed by atoms with van der Waals surface area (Å²) >= 11 is 0. The van der Waals surface area contributed by atoms with E-state index in [-0.39, 0.29) is 16.8 Å². The largest absolute Gasteiger partial charge is 0.336 e. The second kappa shape index (κ2) is 7.46. The fourth-order valence-electron chi connectivity index (χ4n) is 3.71. The minimum Gasteiger partial charge on any atom is -0.336 e. The van der Waals surface area contributed by atoms with Crippen molar-refractivity contribution < 1.29 is 13.2 Å². The van der Waals surface area contributed by atoms with Crippen LogP contribution < -0.4 is 0 Å². The summed E-state index contributed by atoms with van der Waals surface area (Å²) in [6, 6.07) is 6.72. The van der Waals surface area contributed by atoms with E-state index in [1.54, 1.807) is 28.6 Å². The molecule has 1 atom stereocenters. The summed E-state index contributed by atoms with van der Waals surface area (Å²) in [5.41, 5.74) is 0.569. The first kappa shape index (κ1) is 18.4. The molecule has 0 aliphatic carbocycles. The number of nitrogens with zero attached hydrogens (tertiary/aromatic N) is 2. The molecule has 0 N–H and O–H groups in total. The van der Waals surface area contributed by atoms with Crippen LogP contribution in [0.15, 0.2) is 29.2 Å². The third kappa shape index (κ3) is 3.90. The summed E-state index contributed by atoms with van der Waals surface area (Å²) in [7, 11) is -3.46. The summed E-state index contributed by atoms with van der Waals surface area (Å²) in [5.74, 6) is 0.584. The lowest BCUT2D eigenvalue weighted by Crippen LogP contribution is -2.42. The van der Waals surface area contributed by atoms with Crippen LogP contribution in [0, 0.1) is 5.92 Å². The zero-order chi connectivity index (χ0) is 18.0. The summed E-state index contributed by atoms with van der Waals surface area (Å²) in [4.78, 5) is 14.9. The van der Waals surface area contributed by atoms with Crippen molar-refractivity contribution in [1.82, 2.24) is 9.21 Å². The van der Waals surface area contributed by atoms with E-state index >= 15 is 0 Å². The molecule has 0 saturated carbocycles. The van der Waals surface area contributed by atoms with Crippen LogP contribution in [0.4, 0.5) is 0 Å². The number of amides is 1. The highest BCUT2D eigenvalue weighted by Gasteiger charge is 2.29. The number of piperidine rings is 2. The number of likely N-dealkylation sites (tertiary alicyclic amines) is 1. The molecule has 5 nitrogen and oxygen atoms in total.